The molecule has 0 aliphatic rings. The van der Waals surface area contributed by atoms with Crippen LogP contribution in [0.1, 0.15) is 31.2 Å². The predicted molar refractivity (Wildman–Crippen MR) is 88.7 cm³/mol. The van der Waals surface area contributed by atoms with Crippen LogP contribution in [0.15, 0.2) is 29.6 Å². The highest BCUT2D eigenvalue weighted by Gasteiger charge is 2.04. The van der Waals surface area contributed by atoms with E-state index in [0.29, 0.717) is 0 Å². The average molecular weight is 309 g/mol. The Labute approximate surface area is 130 Å². The van der Waals surface area contributed by atoms with Crippen molar-refractivity contribution in [3.63, 3.8) is 0 Å². The van der Waals surface area contributed by atoms with Crippen LogP contribution in [0.5, 0.6) is 0 Å². The largest absolute Gasteiger partial charge is 0.316 e. The van der Waals surface area contributed by atoms with Crippen molar-refractivity contribution >= 4 is 22.9 Å². The van der Waals surface area contributed by atoms with Gasteiger partial charge < -0.3 is 5.32 Å². The maximum Gasteiger partial charge on any atom is 0.0945 e. The molecule has 4 heteroatoms. The van der Waals surface area contributed by atoms with Gasteiger partial charge in [-0.25, -0.2) is 4.98 Å². The molecule has 0 saturated carbocycles. The summed E-state index contributed by atoms with van der Waals surface area (Å²) in [7, 11) is 0. The van der Waals surface area contributed by atoms with Gasteiger partial charge in [0.05, 0.1) is 10.7 Å². The van der Waals surface area contributed by atoms with E-state index in [2.05, 4.69) is 22.6 Å². The van der Waals surface area contributed by atoms with Gasteiger partial charge in [0, 0.05) is 28.9 Å². The van der Waals surface area contributed by atoms with Crippen LogP contribution in [0.25, 0.3) is 11.3 Å². The second-order valence-corrected chi connectivity index (χ2v) is 6.22. The molecule has 1 heterocycles. The Morgan fingerprint density at radius 2 is 1.95 bits per heavy atom. The molecule has 0 atom stereocenters. The van der Waals surface area contributed by atoms with E-state index in [1.165, 1.54) is 24.3 Å². The van der Waals surface area contributed by atoms with Crippen LogP contribution in [-0.2, 0) is 6.42 Å². The number of hydrogen-bond acceptors (Lipinski definition) is 3. The Kier molecular flexibility index (Phi) is 6.51. The third-order valence-corrected chi connectivity index (χ3v) is 4.33. The van der Waals surface area contributed by atoms with Crippen LogP contribution >= 0.6 is 22.9 Å². The minimum absolute atomic E-state index is 0.764. The first-order chi connectivity index (χ1) is 9.79. The van der Waals surface area contributed by atoms with Crippen molar-refractivity contribution in [2.24, 2.45) is 0 Å². The summed E-state index contributed by atoms with van der Waals surface area (Å²) in [5, 5.41) is 7.55. The number of halogens is 1. The number of rotatable bonds is 8. The Morgan fingerprint density at radius 3 is 2.70 bits per heavy atom. The third kappa shape index (κ3) is 4.89. The SMILES string of the molecule is CCCCCNCCc1nc(-c2ccc(Cl)cc2)cs1. The number of thiazole rings is 1. The first-order valence-corrected chi connectivity index (χ1v) is 8.46. The summed E-state index contributed by atoms with van der Waals surface area (Å²) >= 11 is 7.63. The minimum Gasteiger partial charge on any atom is -0.316 e. The van der Waals surface area contributed by atoms with Crippen molar-refractivity contribution in [1.29, 1.82) is 0 Å². The lowest BCUT2D eigenvalue weighted by molar-refractivity contribution is 0.616. The summed E-state index contributed by atoms with van der Waals surface area (Å²) in [6.07, 6.45) is 4.86. The molecule has 0 unspecified atom stereocenters. The van der Waals surface area contributed by atoms with E-state index in [-0.39, 0.29) is 0 Å². The quantitative estimate of drug-likeness (QED) is 0.709. The molecule has 2 nitrogen and oxygen atoms in total. The fraction of sp³-hybridized carbons (Fsp3) is 0.438. The van der Waals surface area contributed by atoms with Gasteiger partial charge in [0.1, 0.15) is 0 Å². The highest BCUT2D eigenvalue weighted by molar-refractivity contribution is 7.09. The Balaban J connectivity index is 1.79. The van der Waals surface area contributed by atoms with Gasteiger partial charge in [0.2, 0.25) is 0 Å². The lowest BCUT2D eigenvalue weighted by Crippen LogP contribution is -2.18. The van der Waals surface area contributed by atoms with Crippen molar-refractivity contribution in [3.05, 3.63) is 39.7 Å². The monoisotopic (exact) mass is 308 g/mol. The fourth-order valence-electron chi connectivity index (χ4n) is 2.00. The molecule has 0 aliphatic carbocycles. The second kappa shape index (κ2) is 8.40. The zero-order chi connectivity index (χ0) is 14.2. The molecule has 0 aliphatic heterocycles. The van der Waals surface area contributed by atoms with E-state index < -0.39 is 0 Å². The smallest absolute Gasteiger partial charge is 0.0945 e. The third-order valence-electron chi connectivity index (χ3n) is 3.16. The van der Waals surface area contributed by atoms with Gasteiger partial charge in [-0.3, -0.25) is 0 Å². The summed E-state index contributed by atoms with van der Waals surface area (Å²) in [5.74, 6) is 0. The second-order valence-electron chi connectivity index (χ2n) is 4.84. The molecule has 0 spiro atoms. The number of benzene rings is 1. The first kappa shape index (κ1) is 15.5. The maximum absolute atomic E-state index is 5.90. The topological polar surface area (TPSA) is 24.9 Å². The molecular weight excluding hydrogens is 288 g/mol. The Morgan fingerprint density at radius 1 is 1.15 bits per heavy atom. The molecule has 1 N–H and O–H groups in total. The molecule has 0 bridgehead atoms. The molecule has 0 amide bonds. The van der Waals surface area contributed by atoms with E-state index in [4.69, 9.17) is 11.6 Å². The molecule has 1 aromatic carbocycles. The van der Waals surface area contributed by atoms with Crippen LogP contribution < -0.4 is 5.32 Å². The zero-order valence-corrected chi connectivity index (χ0v) is 13.4. The number of hydrogen-bond donors (Lipinski definition) is 1. The van der Waals surface area contributed by atoms with Gasteiger partial charge in [0.25, 0.3) is 0 Å². The predicted octanol–water partition coefficient (Wildman–Crippen LogP) is 4.79. The van der Waals surface area contributed by atoms with Crippen molar-refractivity contribution < 1.29 is 0 Å². The summed E-state index contributed by atoms with van der Waals surface area (Å²) in [5.41, 5.74) is 2.18. The average Bonchev–Trinajstić information content (AvgIpc) is 2.92. The van der Waals surface area contributed by atoms with Gasteiger partial charge >= 0.3 is 0 Å². The van der Waals surface area contributed by atoms with Gasteiger partial charge in [-0.05, 0) is 25.1 Å². The lowest BCUT2D eigenvalue weighted by Gasteiger charge is -2.02. The van der Waals surface area contributed by atoms with E-state index in [0.717, 1.165) is 35.8 Å². The summed E-state index contributed by atoms with van der Waals surface area (Å²) in [6.45, 7) is 4.36. The maximum atomic E-state index is 5.90. The van der Waals surface area contributed by atoms with Gasteiger partial charge in [-0.2, -0.15) is 0 Å². The molecule has 0 fully saturated rings. The van der Waals surface area contributed by atoms with Crippen molar-refractivity contribution in [2.75, 3.05) is 13.1 Å². The molecular formula is C16H21ClN2S. The molecule has 0 saturated heterocycles. The fourth-order valence-corrected chi connectivity index (χ4v) is 2.93. The summed E-state index contributed by atoms with van der Waals surface area (Å²) < 4.78 is 0. The number of nitrogens with zero attached hydrogens (tertiary/aromatic N) is 1. The molecule has 2 aromatic rings. The summed E-state index contributed by atoms with van der Waals surface area (Å²) in [6, 6.07) is 7.85. The van der Waals surface area contributed by atoms with Crippen LogP contribution in [-0.4, -0.2) is 18.1 Å². The molecule has 20 heavy (non-hydrogen) atoms. The van der Waals surface area contributed by atoms with Gasteiger partial charge in [-0.1, -0.05) is 43.5 Å². The van der Waals surface area contributed by atoms with Gasteiger partial charge in [-0.15, -0.1) is 11.3 Å². The lowest BCUT2D eigenvalue weighted by atomic mass is 10.2. The Bertz CT molecular complexity index is 507. The van der Waals surface area contributed by atoms with Crippen molar-refractivity contribution in [2.45, 2.75) is 32.6 Å². The first-order valence-electron chi connectivity index (χ1n) is 7.20. The van der Waals surface area contributed by atoms with Crippen LogP contribution in [0, 0.1) is 0 Å². The zero-order valence-electron chi connectivity index (χ0n) is 11.9. The normalized spacial score (nSPS) is 10.9. The summed E-state index contributed by atoms with van der Waals surface area (Å²) in [4.78, 5) is 4.68. The standard InChI is InChI=1S/C16H21ClN2S/c1-2-3-4-10-18-11-9-16-19-15(12-20-16)13-5-7-14(17)8-6-13/h5-8,12,18H,2-4,9-11H2,1H3. The number of aromatic nitrogens is 1. The van der Waals surface area contributed by atoms with Crippen LogP contribution in [0.2, 0.25) is 5.02 Å². The van der Waals surface area contributed by atoms with Crippen molar-refractivity contribution in [1.82, 2.24) is 10.3 Å². The van der Waals surface area contributed by atoms with Crippen LogP contribution in [0.4, 0.5) is 0 Å². The molecule has 2 rings (SSSR count). The minimum atomic E-state index is 0.764. The molecule has 108 valence electrons. The number of unbranched alkanes of at least 4 members (excludes halogenated alkanes) is 2. The van der Waals surface area contributed by atoms with E-state index in [1.807, 2.05) is 24.3 Å². The highest BCUT2D eigenvalue weighted by atomic mass is 35.5. The highest BCUT2D eigenvalue weighted by Crippen LogP contribution is 2.23. The number of nitrogens with one attached hydrogen (secondary N) is 1. The van der Waals surface area contributed by atoms with E-state index in [9.17, 15) is 0 Å². The van der Waals surface area contributed by atoms with Gasteiger partial charge in [0.15, 0.2) is 0 Å². The van der Waals surface area contributed by atoms with E-state index >= 15 is 0 Å². The molecule has 0 radical (unpaired) electrons. The van der Waals surface area contributed by atoms with Crippen LogP contribution in [0.3, 0.4) is 0 Å². The van der Waals surface area contributed by atoms with Crippen molar-refractivity contribution in [3.8, 4) is 11.3 Å². The van der Waals surface area contributed by atoms with E-state index in [1.54, 1.807) is 11.3 Å². The molecule has 1 aromatic heterocycles. The Hall–Kier alpha value is -0.900.